The van der Waals surface area contributed by atoms with Crippen LogP contribution in [0.25, 0.3) is 0 Å². The van der Waals surface area contributed by atoms with Gasteiger partial charge in [-0.15, -0.1) is 0 Å². The lowest BCUT2D eigenvalue weighted by molar-refractivity contribution is -0.0928. The van der Waals surface area contributed by atoms with Crippen molar-refractivity contribution in [1.29, 1.82) is 0 Å². The Morgan fingerprint density at radius 1 is 1.26 bits per heavy atom. The standard InChI is InChI=1S/C16H23N3O4/c1-17-15(20)13-5-3-12(4-6-13)9-18-16(21)19(2)10-14-11-22-7-8-23-14/h3-6,14H,7-11H2,1-2H3,(H,17,20)(H,18,21)/t14-/m1/s1. The summed E-state index contributed by atoms with van der Waals surface area (Å²) in [6.07, 6.45) is -0.0775. The van der Waals surface area contributed by atoms with Crippen molar-refractivity contribution in [2.75, 3.05) is 40.5 Å². The average Bonchev–Trinajstić information content (AvgIpc) is 2.60. The number of hydrogen-bond donors (Lipinski definition) is 2. The third kappa shape index (κ3) is 5.22. The summed E-state index contributed by atoms with van der Waals surface area (Å²) >= 11 is 0. The largest absolute Gasteiger partial charge is 0.376 e. The second-order valence-electron chi connectivity index (χ2n) is 5.38. The summed E-state index contributed by atoms with van der Waals surface area (Å²) in [5.74, 6) is -0.130. The Morgan fingerprint density at radius 3 is 2.61 bits per heavy atom. The Bertz CT molecular complexity index is 527. The van der Waals surface area contributed by atoms with Gasteiger partial charge in [0.25, 0.3) is 5.91 Å². The van der Waals surface area contributed by atoms with E-state index in [0.29, 0.717) is 38.5 Å². The van der Waals surface area contributed by atoms with Crippen LogP contribution in [-0.4, -0.2) is 63.4 Å². The lowest BCUT2D eigenvalue weighted by Gasteiger charge is -2.27. The smallest absolute Gasteiger partial charge is 0.317 e. The topological polar surface area (TPSA) is 79.9 Å². The highest BCUT2D eigenvalue weighted by Gasteiger charge is 2.19. The first-order chi connectivity index (χ1) is 11.1. The van der Waals surface area contributed by atoms with Crippen molar-refractivity contribution >= 4 is 11.9 Å². The zero-order valence-electron chi connectivity index (χ0n) is 13.5. The summed E-state index contributed by atoms with van der Waals surface area (Å²) in [7, 11) is 3.31. The van der Waals surface area contributed by atoms with Crippen molar-refractivity contribution in [1.82, 2.24) is 15.5 Å². The van der Waals surface area contributed by atoms with E-state index in [4.69, 9.17) is 9.47 Å². The number of hydrogen-bond acceptors (Lipinski definition) is 4. The zero-order chi connectivity index (χ0) is 16.7. The highest BCUT2D eigenvalue weighted by molar-refractivity contribution is 5.93. The highest BCUT2D eigenvalue weighted by atomic mass is 16.6. The number of nitrogens with one attached hydrogen (secondary N) is 2. The van der Waals surface area contributed by atoms with Crippen molar-refractivity contribution in [2.45, 2.75) is 12.6 Å². The van der Waals surface area contributed by atoms with Gasteiger partial charge in [0.1, 0.15) is 0 Å². The molecule has 1 aliphatic rings. The number of amides is 3. The number of carbonyl (C=O) groups excluding carboxylic acids is 2. The van der Waals surface area contributed by atoms with Crippen LogP contribution in [-0.2, 0) is 16.0 Å². The minimum atomic E-state index is -0.172. The molecule has 23 heavy (non-hydrogen) atoms. The van der Waals surface area contributed by atoms with Crippen LogP contribution in [0.2, 0.25) is 0 Å². The SMILES string of the molecule is CNC(=O)c1ccc(CNC(=O)N(C)C[C@@H]2COCCO2)cc1. The quantitative estimate of drug-likeness (QED) is 0.832. The molecule has 3 amide bonds. The Kier molecular flexibility index (Phi) is 6.37. The van der Waals surface area contributed by atoms with Gasteiger partial charge in [-0.25, -0.2) is 4.79 Å². The second kappa shape index (κ2) is 8.50. The first-order valence-corrected chi connectivity index (χ1v) is 7.59. The maximum absolute atomic E-state index is 12.1. The molecule has 1 aromatic carbocycles. The molecule has 7 heteroatoms. The molecule has 2 N–H and O–H groups in total. The minimum Gasteiger partial charge on any atom is -0.376 e. The van der Waals surface area contributed by atoms with Gasteiger partial charge in [-0.2, -0.15) is 0 Å². The predicted molar refractivity (Wildman–Crippen MR) is 85.3 cm³/mol. The van der Waals surface area contributed by atoms with Crippen molar-refractivity contribution in [3.8, 4) is 0 Å². The van der Waals surface area contributed by atoms with Gasteiger partial charge in [-0.05, 0) is 17.7 Å². The summed E-state index contributed by atoms with van der Waals surface area (Å²) in [5.41, 5.74) is 1.52. The first kappa shape index (κ1) is 17.2. The van der Waals surface area contributed by atoms with E-state index in [-0.39, 0.29) is 18.0 Å². The summed E-state index contributed by atoms with van der Waals surface area (Å²) < 4.78 is 10.8. The third-order valence-electron chi connectivity index (χ3n) is 3.60. The first-order valence-electron chi connectivity index (χ1n) is 7.59. The van der Waals surface area contributed by atoms with E-state index in [0.717, 1.165) is 5.56 Å². The van der Waals surface area contributed by atoms with Crippen LogP contribution in [0.3, 0.4) is 0 Å². The number of urea groups is 1. The fourth-order valence-electron chi connectivity index (χ4n) is 2.26. The number of ether oxygens (including phenoxy) is 2. The summed E-state index contributed by atoms with van der Waals surface area (Å²) in [4.78, 5) is 25.1. The number of likely N-dealkylation sites (N-methyl/N-ethyl adjacent to an activating group) is 1. The molecular weight excluding hydrogens is 298 g/mol. The lowest BCUT2D eigenvalue weighted by atomic mass is 10.1. The van der Waals surface area contributed by atoms with E-state index in [1.807, 2.05) is 12.1 Å². The molecule has 0 aromatic heterocycles. The molecular formula is C16H23N3O4. The van der Waals surface area contributed by atoms with Crippen molar-refractivity contribution in [3.05, 3.63) is 35.4 Å². The van der Waals surface area contributed by atoms with Gasteiger partial charge in [0.2, 0.25) is 0 Å². The van der Waals surface area contributed by atoms with E-state index < -0.39 is 0 Å². The molecule has 2 rings (SSSR count). The van der Waals surface area contributed by atoms with Gasteiger partial charge in [0.15, 0.2) is 0 Å². The molecule has 1 aliphatic heterocycles. The molecule has 126 valence electrons. The normalized spacial score (nSPS) is 17.4. The van der Waals surface area contributed by atoms with Crippen LogP contribution >= 0.6 is 0 Å². The van der Waals surface area contributed by atoms with E-state index in [9.17, 15) is 9.59 Å². The molecule has 7 nitrogen and oxygen atoms in total. The summed E-state index contributed by atoms with van der Waals surface area (Å²) in [6, 6.07) is 6.94. The fraction of sp³-hybridized carbons (Fsp3) is 0.500. The Balaban J connectivity index is 1.77. The van der Waals surface area contributed by atoms with Gasteiger partial charge < -0.3 is 25.0 Å². The van der Waals surface area contributed by atoms with Crippen LogP contribution in [0.1, 0.15) is 15.9 Å². The van der Waals surface area contributed by atoms with Gasteiger partial charge in [-0.1, -0.05) is 12.1 Å². The van der Waals surface area contributed by atoms with Crippen molar-refractivity contribution < 1.29 is 19.1 Å². The Hall–Kier alpha value is -2.12. The summed E-state index contributed by atoms with van der Waals surface area (Å²) in [5, 5.41) is 5.41. The fourth-order valence-corrected chi connectivity index (χ4v) is 2.26. The molecule has 0 unspecified atom stereocenters. The third-order valence-corrected chi connectivity index (χ3v) is 3.60. The monoisotopic (exact) mass is 321 g/mol. The van der Waals surface area contributed by atoms with Gasteiger partial charge in [-0.3, -0.25) is 4.79 Å². The molecule has 0 spiro atoms. The molecule has 1 atom stereocenters. The number of rotatable bonds is 5. The molecule has 0 aliphatic carbocycles. The molecule has 1 saturated heterocycles. The second-order valence-corrected chi connectivity index (χ2v) is 5.38. The zero-order valence-corrected chi connectivity index (χ0v) is 13.5. The van der Waals surface area contributed by atoms with Crippen molar-refractivity contribution in [3.63, 3.8) is 0 Å². The van der Waals surface area contributed by atoms with E-state index >= 15 is 0 Å². The molecule has 0 saturated carbocycles. The van der Waals surface area contributed by atoms with Crippen LogP contribution < -0.4 is 10.6 Å². The van der Waals surface area contributed by atoms with Gasteiger partial charge in [0, 0.05) is 26.2 Å². The van der Waals surface area contributed by atoms with Crippen LogP contribution in [0.5, 0.6) is 0 Å². The highest BCUT2D eigenvalue weighted by Crippen LogP contribution is 2.05. The Morgan fingerprint density at radius 2 is 2.00 bits per heavy atom. The van der Waals surface area contributed by atoms with E-state index in [1.54, 1.807) is 31.1 Å². The van der Waals surface area contributed by atoms with Crippen molar-refractivity contribution in [2.24, 2.45) is 0 Å². The summed E-state index contributed by atoms with van der Waals surface area (Å²) in [6.45, 7) is 2.58. The molecule has 1 aromatic rings. The number of benzene rings is 1. The molecule has 0 radical (unpaired) electrons. The minimum absolute atomic E-state index is 0.0775. The molecule has 1 heterocycles. The van der Waals surface area contributed by atoms with Crippen LogP contribution in [0.4, 0.5) is 4.79 Å². The maximum atomic E-state index is 12.1. The number of nitrogens with zero attached hydrogens (tertiary/aromatic N) is 1. The number of carbonyl (C=O) groups is 2. The van der Waals surface area contributed by atoms with E-state index in [2.05, 4.69) is 10.6 Å². The van der Waals surface area contributed by atoms with Gasteiger partial charge in [0.05, 0.1) is 32.5 Å². The lowest BCUT2D eigenvalue weighted by Crippen LogP contribution is -2.44. The average molecular weight is 321 g/mol. The van der Waals surface area contributed by atoms with Crippen LogP contribution in [0, 0.1) is 0 Å². The molecule has 1 fully saturated rings. The van der Waals surface area contributed by atoms with Gasteiger partial charge >= 0.3 is 6.03 Å². The van der Waals surface area contributed by atoms with Crippen LogP contribution in [0.15, 0.2) is 24.3 Å². The Labute approximate surface area is 135 Å². The predicted octanol–water partition coefficient (Wildman–Crippen LogP) is 0.603. The maximum Gasteiger partial charge on any atom is 0.317 e. The van der Waals surface area contributed by atoms with E-state index in [1.165, 1.54) is 0 Å². The molecule has 0 bridgehead atoms.